The molecule has 0 saturated carbocycles. The van der Waals surface area contributed by atoms with Gasteiger partial charge in [-0.3, -0.25) is 14.9 Å². The molecule has 0 unspecified atom stereocenters. The van der Waals surface area contributed by atoms with Crippen molar-refractivity contribution in [2.24, 2.45) is 0 Å². The summed E-state index contributed by atoms with van der Waals surface area (Å²) in [5.74, 6) is -0.0755. The van der Waals surface area contributed by atoms with E-state index in [2.05, 4.69) is 27.9 Å². The minimum atomic E-state index is -0.842. The van der Waals surface area contributed by atoms with E-state index in [9.17, 15) is 14.4 Å². The van der Waals surface area contributed by atoms with Crippen LogP contribution in [-0.2, 0) is 22.8 Å². The van der Waals surface area contributed by atoms with E-state index in [0.29, 0.717) is 49.6 Å². The Labute approximate surface area is 284 Å². The Morgan fingerprint density at radius 2 is 1.51 bits per heavy atom. The highest BCUT2D eigenvalue weighted by atomic mass is 127. The number of imide groups is 2. The number of ether oxygens (including phenoxy) is 3. The highest BCUT2D eigenvalue weighted by molar-refractivity contribution is 14.1. The summed E-state index contributed by atoms with van der Waals surface area (Å²) in [6.07, 6.45) is 1.42. The molecule has 0 aliphatic carbocycles. The third-order valence-electron chi connectivity index (χ3n) is 6.73. The fourth-order valence-electron chi connectivity index (χ4n) is 4.46. The first-order valence-electron chi connectivity index (χ1n) is 13.9. The lowest BCUT2D eigenvalue weighted by Crippen LogP contribution is -2.54. The van der Waals surface area contributed by atoms with Crippen LogP contribution in [-0.4, -0.2) is 24.5 Å². The number of rotatable bonds is 10. The Hall–Kier alpha value is -4.06. The monoisotopic (exact) mass is 756 g/mol. The number of aryl methyl sites for hydroxylation is 1. The van der Waals surface area contributed by atoms with Crippen LogP contribution < -0.4 is 24.4 Å². The van der Waals surface area contributed by atoms with Crippen LogP contribution in [0.25, 0.3) is 6.08 Å². The molecule has 11 heteroatoms. The van der Waals surface area contributed by atoms with E-state index in [0.717, 1.165) is 21.6 Å². The Morgan fingerprint density at radius 3 is 2.20 bits per heavy atom. The molecule has 0 spiro atoms. The number of barbiturate groups is 1. The van der Waals surface area contributed by atoms with E-state index in [-0.39, 0.29) is 17.9 Å². The van der Waals surface area contributed by atoms with Crippen molar-refractivity contribution in [1.29, 1.82) is 0 Å². The third-order valence-corrected chi connectivity index (χ3v) is 8.27. The highest BCUT2D eigenvalue weighted by Gasteiger charge is 2.37. The van der Waals surface area contributed by atoms with Gasteiger partial charge in [-0.25, -0.2) is 9.69 Å². The quantitative estimate of drug-likeness (QED) is 0.0999. The maximum absolute atomic E-state index is 13.5. The molecule has 8 nitrogen and oxygen atoms in total. The summed E-state index contributed by atoms with van der Waals surface area (Å²) in [5.41, 5.74) is 3.57. The van der Waals surface area contributed by atoms with E-state index in [1.54, 1.807) is 48.5 Å². The second-order valence-electron chi connectivity index (χ2n) is 10.0. The van der Waals surface area contributed by atoms with Crippen molar-refractivity contribution in [3.8, 4) is 17.2 Å². The molecule has 1 fully saturated rings. The molecule has 0 bridgehead atoms. The Kier molecular flexibility index (Phi) is 10.3. The Bertz CT molecular complexity index is 1790. The lowest BCUT2D eigenvalue weighted by atomic mass is 10.1. The van der Waals surface area contributed by atoms with Gasteiger partial charge >= 0.3 is 6.03 Å². The minimum Gasteiger partial charge on any atom is -0.490 e. The van der Waals surface area contributed by atoms with Gasteiger partial charge in [0.1, 0.15) is 24.5 Å². The van der Waals surface area contributed by atoms with Crippen LogP contribution in [0, 0.1) is 10.5 Å². The number of halogens is 3. The first kappa shape index (κ1) is 32.3. The fraction of sp³-hybridized carbons (Fsp3) is 0.147. The van der Waals surface area contributed by atoms with E-state index in [1.165, 1.54) is 6.08 Å². The summed E-state index contributed by atoms with van der Waals surface area (Å²) < 4.78 is 18.4. The second-order valence-corrected chi connectivity index (χ2v) is 12.0. The fourth-order valence-corrected chi connectivity index (χ4v) is 5.56. The molecule has 4 aromatic carbocycles. The third kappa shape index (κ3) is 7.78. The molecule has 1 aliphatic rings. The molecule has 230 valence electrons. The average Bonchev–Trinajstić information content (AvgIpc) is 3.01. The molecule has 0 aromatic heterocycles. The number of amides is 4. The molecule has 4 amide bonds. The number of hydrogen-bond donors (Lipinski definition) is 1. The van der Waals surface area contributed by atoms with Crippen molar-refractivity contribution < 1.29 is 28.6 Å². The van der Waals surface area contributed by atoms with Crippen LogP contribution in [0.3, 0.4) is 0 Å². The molecule has 1 aliphatic heterocycles. The lowest BCUT2D eigenvalue weighted by Gasteiger charge is -2.26. The van der Waals surface area contributed by atoms with Gasteiger partial charge in [0.15, 0.2) is 11.5 Å². The van der Waals surface area contributed by atoms with Gasteiger partial charge in [0.05, 0.1) is 25.9 Å². The summed E-state index contributed by atoms with van der Waals surface area (Å²) in [6, 6.07) is 22.3. The average molecular weight is 757 g/mol. The summed E-state index contributed by atoms with van der Waals surface area (Å²) in [7, 11) is 0. The van der Waals surface area contributed by atoms with Crippen LogP contribution in [0.5, 0.6) is 17.2 Å². The molecular weight excluding hydrogens is 730 g/mol. The number of benzene rings is 4. The largest absolute Gasteiger partial charge is 0.490 e. The van der Waals surface area contributed by atoms with E-state index >= 15 is 0 Å². The molecule has 5 rings (SSSR count). The predicted octanol–water partition coefficient (Wildman–Crippen LogP) is 8.13. The van der Waals surface area contributed by atoms with Gasteiger partial charge in [-0.05, 0) is 108 Å². The van der Waals surface area contributed by atoms with Crippen LogP contribution >= 0.6 is 45.8 Å². The van der Waals surface area contributed by atoms with Crippen molar-refractivity contribution in [2.45, 2.75) is 27.1 Å². The summed E-state index contributed by atoms with van der Waals surface area (Å²) in [6.45, 7) is 4.78. The Morgan fingerprint density at radius 1 is 0.822 bits per heavy atom. The molecule has 0 radical (unpaired) electrons. The molecule has 4 aromatic rings. The second kappa shape index (κ2) is 14.4. The summed E-state index contributed by atoms with van der Waals surface area (Å²) in [4.78, 5) is 40.0. The Balaban J connectivity index is 1.35. The minimum absolute atomic E-state index is 0.209. The number of anilines is 1. The first-order valence-corrected chi connectivity index (χ1v) is 15.7. The maximum Gasteiger partial charge on any atom is 0.335 e. The number of hydrogen-bond acceptors (Lipinski definition) is 6. The number of nitrogens with zero attached hydrogens (tertiary/aromatic N) is 1. The first-order chi connectivity index (χ1) is 21.6. The topological polar surface area (TPSA) is 94.2 Å². The number of urea groups is 1. The predicted molar refractivity (Wildman–Crippen MR) is 182 cm³/mol. The molecule has 0 atom stereocenters. The van der Waals surface area contributed by atoms with Crippen LogP contribution in [0.1, 0.15) is 29.2 Å². The summed E-state index contributed by atoms with van der Waals surface area (Å²) in [5, 5.41) is 3.13. The zero-order valence-electron chi connectivity index (χ0n) is 24.2. The van der Waals surface area contributed by atoms with Gasteiger partial charge in [-0.15, -0.1) is 0 Å². The molecule has 1 N–H and O–H groups in total. The van der Waals surface area contributed by atoms with Crippen LogP contribution in [0.2, 0.25) is 10.0 Å². The van der Waals surface area contributed by atoms with Gasteiger partial charge in [0, 0.05) is 0 Å². The smallest absolute Gasteiger partial charge is 0.335 e. The number of carbonyl (C=O) groups is 3. The standard InChI is InChI=1S/C34H27Cl2IN2O6/c1-3-43-30-17-23(16-29(37)31(30)45-19-22-8-13-27(35)28(36)15-22)14-26-32(40)38-34(42)39(33(26)41)24-9-11-25(12-10-24)44-18-21-6-4-20(2)5-7-21/h4-17H,3,18-19H2,1-2H3,(H,38,40,42)/b26-14+. The van der Waals surface area contributed by atoms with E-state index < -0.39 is 17.8 Å². The van der Waals surface area contributed by atoms with Crippen molar-refractivity contribution in [1.82, 2.24) is 5.32 Å². The number of carbonyl (C=O) groups excluding carboxylic acids is 3. The molecule has 1 heterocycles. The van der Waals surface area contributed by atoms with Crippen LogP contribution in [0.4, 0.5) is 10.5 Å². The van der Waals surface area contributed by atoms with Crippen molar-refractivity contribution in [3.63, 3.8) is 0 Å². The van der Waals surface area contributed by atoms with Gasteiger partial charge < -0.3 is 14.2 Å². The normalized spacial score (nSPS) is 14.0. The lowest BCUT2D eigenvalue weighted by molar-refractivity contribution is -0.122. The van der Waals surface area contributed by atoms with Crippen molar-refractivity contribution in [3.05, 3.63) is 120 Å². The highest BCUT2D eigenvalue weighted by Crippen LogP contribution is 2.36. The van der Waals surface area contributed by atoms with Crippen molar-refractivity contribution in [2.75, 3.05) is 11.5 Å². The van der Waals surface area contributed by atoms with Gasteiger partial charge in [-0.2, -0.15) is 0 Å². The summed E-state index contributed by atoms with van der Waals surface area (Å²) >= 11 is 14.3. The van der Waals surface area contributed by atoms with E-state index in [4.69, 9.17) is 37.4 Å². The van der Waals surface area contributed by atoms with Gasteiger partial charge in [0.2, 0.25) is 0 Å². The molecular formula is C34H27Cl2IN2O6. The van der Waals surface area contributed by atoms with Gasteiger partial charge in [-0.1, -0.05) is 59.1 Å². The molecule has 1 saturated heterocycles. The van der Waals surface area contributed by atoms with Gasteiger partial charge in [0.25, 0.3) is 11.8 Å². The van der Waals surface area contributed by atoms with Crippen LogP contribution in [0.15, 0.2) is 84.4 Å². The van der Waals surface area contributed by atoms with E-state index in [1.807, 2.05) is 44.2 Å². The molecule has 45 heavy (non-hydrogen) atoms. The number of nitrogens with one attached hydrogen (secondary N) is 1. The SMILES string of the molecule is CCOc1cc(/C=C2\C(=O)NC(=O)N(c3ccc(OCc4ccc(C)cc4)cc3)C2=O)cc(I)c1OCc1ccc(Cl)c(Cl)c1. The maximum atomic E-state index is 13.5. The van der Waals surface area contributed by atoms with Crippen molar-refractivity contribution >= 4 is 75.4 Å². The zero-order valence-corrected chi connectivity index (χ0v) is 27.9. The zero-order chi connectivity index (χ0) is 32.1.